The van der Waals surface area contributed by atoms with Crippen molar-refractivity contribution in [2.45, 2.75) is 33.4 Å². The number of hydrogen-bond donors (Lipinski definition) is 1. The van der Waals surface area contributed by atoms with Crippen LogP contribution in [0.2, 0.25) is 0 Å². The Morgan fingerprint density at radius 1 is 1.10 bits per heavy atom. The van der Waals surface area contributed by atoms with Gasteiger partial charge in [0.1, 0.15) is 18.0 Å². The molecule has 4 rings (SSSR count). The molecule has 0 unspecified atom stereocenters. The lowest BCUT2D eigenvalue weighted by molar-refractivity contribution is -0.138. The van der Waals surface area contributed by atoms with E-state index in [1.165, 1.54) is 6.08 Å². The van der Waals surface area contributed by atoms with Gasteiger partial charge in [-0.05, 0) is 39.0 Å². The number of hydrogen-bond acceptors (Lipinski definition) is 6. The molecule has 0 spiro atoms. The lowest BCUT2D eigenvalue weighted by Gasteiger charge is -2.35. The minimum atomic E-state index is -0.350. The van der Waals surface area contributed by atoms with Crippen molar-refractivity contribution in [1.29, 1.82) is 0 Å². The van der Waals surface area contributed by atoms with E-state index >= 15 is 0 Å². The number of amides is 3. The molecule has 3 aromatic rings. The van der Waals surface area contributed by atoms with Crippen molar-refractivity contribution in [3.8, 4) is 5.75 Å². The molecule has 3 heterocycles. The van der Waals surface area contributed by atoms with Gasteiger partial charge >= 0.3 is 0 Å². The highest BCUT2D eigenvalue weighted by Crippen LogP contribution is 2.31. The largest absolute Gasteiger partial charge is 0.489 e. The van der Waals surface area contributed by atoms with E-state index in [9.17, 15) is 14.4 Å². The van der Waals surface area contributed by atoms with Gasteiger partial charge < -0.3 is 19.9 Å². The van der Waals surface area contributed by atoms with Crippen molar-refractivity contribution in [3.63, 3.8) is 0 Å². The van der Waals surface area contributed by atoms with Crippen LogP contribution in [0.25, 0.3) is 10.9 Å². The molecule has 1 aliphatic heterocycles. The second-order valence-corrected chi connectivity index (χ2v) is 9.75. The van der Waals surface area contributed by atoms with Crippen molar-refractivity contribution in [1.82, 2.24) is 24.6 Å². The maximum Gasteiger partial charge on any atom is 0.274 e. The maximum atomic E-state index is 13.1. The second-order valence-electron chi connectivity index (χ2n) is 9.75. The number of carbonyl (C=O) groups excluding carboxylic acids is 3. The Morgan fingerprint density at radius 3 is 2.48 bits per heavy atom. The van der Waals surface area contributed by atoms with E-state index in [0.29, 0.717) is 54.4 Å². The summed E-state index contributed by atoms with van der Waals surface area (Å²) in [7, 11) is 0. The van der Waals surface area contributed by atoms with Crippen LogP contribution in [0, 0.1) is 6.92 Å². The third kappa shape index (κ3) is 6.63. The zero-order valence-electron chi connectivity index (χ0n) is 23.1. The van der Waals surface area contributed by atoms with E-state index < -0.39 is 0 Å². The molecule has 2 aromatic heterocycles. The molecule has 0 atom stereocenters. The van der Waals surface area contributed by atoms with Crippen LogP contribution < -0.4 is 10.1 Å². The topological polar surface area (TPSA) is 110 Å². The van der Waals surface area contributed by atoms with E-state index in [1.807, 2.05) is 26.8 Å². The molecule has 3 amide bonds. The molecular weight excluding hydrogens is 508 g/mol. The summed E-state index contributed by atoms with van der Waals surface area (Å²) in [5.41, 5.74) is 2.65. The highest BCUT2D eigenvalue weighted by atomic mass is 16.5. The summed E-state index contributed by atoms with van der Waals surface area (Å²) in [5.74, 6) is -0.0914. The van der Waals surface area contributed by atoms with E-state index in [-0.39, 0.29) is 30.4 Å². The summed E-state index contributed by atoms with van der Waals surface area (Å²) in [6.45, 7) is 14.7. The number of fused-ring (bicyclic) bond motifs is 1. The zero-order valence-corrected chi connectivity index (χ0v) is 23.1. The fourth-order valence-electron chi connectivity index (χ4n) is 4.42. The first kappa shape index (κ1) is 28.3. The Bertz CT molecular complexity index is 1480. The number of piperazine rings is 1. The van der Waals surface area contributed by atoms with E-state index in [2.05, 4.69) is 28.6 Å². The average Bonchev–Trinajstić information content (AvgIpc) is 3.32. The van der Waals surface area contributed by atoms with Crippen LogP contribution in [0.4, 0.5) is 5.69 Å². The maximum absolute atomic E-state index is 13.1. The van der Waals surface area contributed by atoms with Gasteiger partial charge in [-0.1, -0.05) is 37.5 Å². The van der Waals surface area contributed by atoms with Crippen molar-refractivity contribution < 1.29 is 19.1 Å². The van der Waals surface area contributed by atoms with Gasteiger partial charge in [0.2, 0.25) is 5.91 Å². The molecule has 1 fully saturated rings. The van der Waals surface area contributed by atoms with Crippen LogP contribution >= 0.6 is 0 Å². The highest BCUT2D eigenvalue weighted by molar-refractivity contribution is 6.05. The van der Waals surface area contributed by atoms with Crippen LogP contribution in [0.5, 0.6) is 5.75 Å². The van der Waals surface area contributed by atoms with Crippen LogP contribution in [-0.2, 0) is 16.1 Å². The lowest BCUT2D eigenvalue weighted by atomic mass is 10.2. The number of allylic oxidation sites excluding steroid dienone is 2. The number of anilines is 1. The third-order valence-electron chi connectivity index (χ3n) is 6.37. The molecule has 0 radical (unpaired) electrons. The number of benzene rings is 1. The van der Waals surface area contributed by atoms with Gasteiger partial charge in [0.05, 0.1) is 17.3 Å². The Hall–Kier alpha value is -4.73. The van der Waals surface area contributed by atoms with E-state index in [4.69, 9.17) is 4.74 Å². The van der Waals surface area contributed by atoms with Crippen LogP contribution in [-0.4, -0.2) is 74.6 Å². The predicted molar refractivity (Wildman–Crippen MR) is 154 cm³/mol. The van der Waals surface area contributed by atoms with Gasteiger partial charge in [-0.25, -0.2) is 4.98 Å². The van der Waals surface area contributed by atoms with Gasteiger partial charge in [-0.15, -0.1) is 0 Å². The lowest BCUT2D eigenvalue weighted by Crippen LogP contribution is -2.51. The quantitative estimate of drug-likeness (QED) is 0.326. The molecule has 10 heteroatoms. The van der Waals surface area contributed by atoms with Crippen LogP contribution in [0.15, 0.2) is 73.5 Å². The van der Waals surface area contributed by atoms with Crippen molar-refractivity contribution >= 4 is 34.3 Å². The molecule has 40 heavy (non-hydrogen) atoms. The van der Waals surface area contributed by atoms with E-state index in [1.54, 1.807) is 57.1 Å². The van der Waals surface area contributed by atoms with Crippen molar-refractivity contribution in [3.05, 3.63) is 84.9 Å². The first-order valence-electron chi connectivity index (χ1n) is 13.1. The summed E-state index contributed by atoms with van der Waals surface area (Å²) >= 11 is 0. The summed E-state index contributed by atoms with van der Waals surface area (Å²) in [5, 5.41) is 8.22. The first-order valence-corrected chi connectivity index (χ1v) is 13.1. The Kier molecular flexibility index (Phi) is 8.78. The second kappa shape index (κ2) is 12.4. The molecule has 1 saturated heterocycles. The summed E-state index contributed by atoms with van der Waals surface area (Å²) < 4.78 is 7.55. The fourth-order valence-corrected chi connectivity index (χ4v) is 4.42. The van der Waals surface area contributed by atoms with E-state index in [0.717, 1.165) is 11.1 Å². The molecule has 0 saturated carbocycles. The number of aryl methyl sites for hydroxylation is 1. The fraction of sp³-hybridized carbons (Fsp3) is 0.300. The third-order valence-corrected chi connectivity index (χ3v) is 6.37. The van der Waals surface area contributed by atoms with Crippen molar-refractivity contribution in [2.75, 3.05) is 31.5 Å². The molecule has 1 aliphatic rings. The molecule has 0 bridgehead atoms. The monoisotopic (exact) mass is 542 g/mol. The Morgan fingerprint density at radius 2 is 1.82 bits per heavy atom. The first-order chi connectivity index (χ1) is 19.2. The molecule has 10 nitrogen and oxygen atoms in total. The Balaban J connectivity index is 1.47. The average molecular weight is 543 g/mol. The molecule has 208 valence electrons. The molecular formula is C30H34N6O4. The molecule has 1 aromatic carbocycles. The van der Waals surface area contributed by atoms with Crippen molar-refractivity contribution in [2.24, 2.45) is 0 Å². The summed E-state index contributed by atoms with van der Waals surface area (Å²) in [6.07, 6.45) is 6.33. The van der Waals surface area contributed by atoms with Gasteiger partial charge in [0, 0.05) is 55.1 Å². The smallest absolute Gasteiger partial charge is 0.274 e. The zero-order chi connectivity index (χ0) is 28.8. The highest BCUT2D eigenvalue weighted by Gasteiger charge is 2.25. The number of pyridine rings is 1. The standard InChI is InChI=1S/C30H34N6O4/c1-6-9-22(7-2)30(39)35-14-12-34(13-15-35)28(37)19-36-18-23-16-26(27(40-20(3)4)17-25(23)33-36)32-29(38)24-11-8-10-21(5)31-24/h6-11,16-18,20H,1-2,12-15,19H2,3-5H3,(H,32,38)/b22-9+. The van der Waals surface area contributed by atoms with Crippen LogP contribution in [0.1, 0.15) is 30.0 Å². The number of ether oxygens (including phenoxy) is 1. The molecule has 1 N–H and O–H groups in total. The number of carbonyl (C=O) groups is 3. The number of aromatic nitrogens is 3. The normalized spacial score (nSPS) is 13.8. The van der Waals surface area contributed by atoms with Gasteiger partial charge in [0.15, 0.2) is 0 Å². The summed E-state index contributed by atoms with van der Waals surface area (Å²) in [6, 6.07) is 8.80. The van der Waals surface area contributed by atoms with Gasteiger partial charge in [-0.3, -0.25) is 19.1 Å². The van der Waals surface area contributed by atoms with Gasteiger partial charge in [0.25, 0.3) is 11.8 Å². The SMILES string of the molecule is C=C/C=C(\C=C)C(=O)N1CCN(C(=O)Cn2cc3cc(NC(=O)c4cccc(C)n4)c(OC(C)C)cc3n2)CC1. The number of nitrogens with one attached hydrogen (secondary N) is 1. The summed E-state index contributed by atoms with van der Waals surface area (Å²) in [4.78, 5) is 46.3. The minimum Gasteiger partial charge on any atom is -0.489 e. The minimum absolute atomic E-state index is 0.0478. The van der Waals surface area contributed by atoms with Crippen LogP contribution in [0.3, 0.4) is 0 Å². The Labute approximate surface area is 233 Å². The number of nitrogens with zero attached hydrogens (tertiary/aromatic N) is 5. The number of rotatable bonds is 9. The predicted octanol–water partition coefficient (Wildman–Crippen LogP) is 3.75. The van der Waals surface area contributed by atoms with Gasteiger partial charge in [-0.2, -0.15) is 5.10 Å². The molecule has 0 aliphatic carbocycles.